The van der Waals surface area contributed by atoms with Crippen molar-refractivity contribution >= 4 is 11.8 Å². The molecule has 20 heavy (non-hydrogen) atoms. The van der Waals surface area contributed by atoms with Crippen LogP contribution in [0.1, 0.15) is 12.5 Å². The number of aliphatic hydroxyl groups is 1. The molecule has 2 rings (SSSR count). The van der Waals surface area contributed by atoms with Crippen LogP contribution in [-0.2, 0) is 5.54 Å². The second-order valence-corrected chi connectivity index (χ2v) is 5.79. The molecule has 0 aliphatic carbocycles. The molecular formula is C17H21NOS. The van der Waals surface area contributed by atoms with Crippen molar-refractivity contribution in [1.29, 1.82) is 0 Å². The van der Waals surface area contributed by atoms with E-state index in [0.29, 0.717) is 0 Å². The number of benzene rings is 2. The molecule has 0 fully saturated rings. The largest absolute Gasteiger partial charge is 0.394 e. The molecule has 0 saturated carbocycles. The highest BCUT2D eigenvalue weighted by Crippen LogP contribution is 2.29. The van der Waals surface area contributed by atoms with E-state index < -0.39 is 5.54 Å². The van der Waals surface area contributed by atoms with Gasteiger partial charge in [-0.3, -0.25) is 0 Å². The summed E-state index contributed by atoms with van der Waals surface area (Å²) < 4.78 is 0. The molecule has 2 aromatic rings. The Kier molecular flexibility index (Phi) is 5.65. The Bertz CT molecular complexity index is 503. The molecule has 0 radical (unpaired) electrons. The van der Waals surface area contributed by atoms with E-state index in [9.17, 15) is 5.11 Å². The van der Waals surface area contributed by atoms with E-state index in [0.717, 1.165) is 17.9 Å². The number of rotatable bonds is 7. The predicted molar refractivity (Wildman–Crippen MR) is 86.0 cm³/mol. The van der Waals surface area contributed by atoms with Crippen molar-refractivity contribution in [3.05, 3.63) is 66.2 Å². The summed E-state index contributed by atoms with van der Waals surface area (Å²) >= 11 is 1.76. The molecule has 0 aromatic heterocycles. The summed E-state index contributed by atoms with van der Waals surface area (Å²) in [6.45, 7) is 2.98. The number of hydrogen-bond acceptors (Lipinski definition) is 3. The zero-order valence-corrected chi connectivity index (χ0v) is 12.6. The van der Waals surface area contributed by atoms with Gasteiger partial charge in [-0.15, -0.1) is 11.8 Å². The first-order valence-corrected chi connectivity index (χ1v) is 7.88. The molecule has 0 aliphatic rings. The molecule has 2 aromatic carbocycles. The van der Waals surface area contributed by atoms with E-state index in [1.807, 2.05) is 36.4 Å². The average molecular weight is 287 g/mol. The molecule has 106 valence electrons. The Labute approximate surface area is 125 Å². The summed E-state index contributed by atoms with van der Waals surface area (Å²) in [4.78, 5) is 1.22. The zero-order chi connectivity index (χ0) is 14.3. The van der Waals surface area contributed by atoms with Crippen LogP contribution in [-0.4, -0.2) is 24.0 Å². The van der Waals surface area contributed by atoms with Crippen molar-refractivity contribution in [2.45, 2.75) is 17.4 Å². The molecule has 2 N–H and O–H groups in total. The summed E-state index contributed by atoms with van der Waals surface area (Å²) in [5, 5.41) is 13.4. The van der Waals surface area contributed by atoms with Crippen molar-refractivity contribution < 1.29 is 5.11 Å². The van der Waals surface area contributed by atoms with Crippen molar-refractivity contribution in [2.75, 3.05) is 18.9 Å². The fourth-order valence-corrected chi connectivity index (χ4v) is 3.37. The van der Waals surface area contributed by atoms with Crippen molar-refractivity contribution in [3.8, 4) is 0 Å². The lowest BCUT2D eigenvalue weighted by Gasteiger charge is -2.33. The van der Waals surface area contributed by atoms with Crippen LogP contribution in [0.25, 0.3) is 0 Å². The minimum absolute atomic E-state index is 0.0880. The third-order valence-corrected chi connectivity index (χ3v) is 4.58. The third-order valence-electron chi connectivity index (χ3n) is 3.34. The maximum absolute atomic E-state index is 9.96. The van der Waals surface area contributed by atoms with Gasteiger partial charge in [0.1, 0.15) is 0 Å². The Hall–Kier alpha value is -1.29. The van der Waals surface area contributed by atoms with Gasteiger partial charge in [0.2, 0.25) is 0 Å². The average Bonchev–Trinajstić information content (AvgIpc) is 2.53. The lowest BCUT2D eigenvalue weighted by atomic mass is 9.92. The Balaban J connectivity index is 2.19. The first kappa shape index (κ1) is 15.1. The van der Waals surface area contributed by atoms with Gasteiger partial charge >= 0.3 is 0 Å². The van der Waals surface area contributed by atoms with E-state index in [4.69, 9.17) is 0 Å². The van der Waals surface area contributed by atoms with Gasteiger partial charge in [-0.25, -0.2) is 0 Å². The minimum atomic E-state index is -0.392. The molecule has 1 atom stereocenters. The summed E-state index contributed by atoms with van der Waals surface area (Å²) in [5.74, 6) is 0.797. The molecule has 2 nitrogen and oxygen atoms in total. The predicted octanol–water partition coefficient (Wildman–Crippen LogP) is 3.28. The molecule has 0 spiro atoms. The SMILES string of the molecule is CCNC(CO)(CSc1ccccc1)c1ccccc1. The van der Waals surface area contributed by atoms with E-state index in [1.165, 1.54) is 4.90 Å². The monoisotopic (exact) mass is 287 g/mol. The quantitative estimate of drug-likeness (QED) is 0.767. The molecule has 0 aliphatic heterocycles. The normalized spacial score (nSPS) is 13.9. The first-order chi connectivity index (χ1) is 9.80. The van der Waals surface area contributed by atoms with Crippen LogP contribution < -0.4 is 5.32 Å². The molecule has 0 saturated heterocycles. The first-order valence-electron chi connectivity index (χ1n) is 6.90. The van der Waals surface area contributed by atoms with Gasteiger partial charge < -0.3 is 10.4 Å². The van der Waals surface area contributed by atoms with E-state index in [1.54, 1.807) is 11.8 Å². The smallest absolute Gasteiger partial charge is 0.0764 e. The lowest BCUT2D eigenvalue weighted by Crippen LogP contribution is -2.47. The number of hydrogen-bond donors (Lipinski definition) is 2. The Morgan fingerprint density at radius 2 is 1.60 bits per heavy atom. The molecule has 0 amide bonds. The standard InChI is InChI=1S/C17H21NOS/c1-2-18-17(13-19,15-9-5-3-6-10-15)14-20-16-11-7-4-8-12-16/h3-12,18-19H,2,13-14H2,1H3. The highest BCUT2D eigenvalue weighted by atomic mass is 32.2. The zero-order valence-electron chi connectivity index (χ0n) is 11.8. The topological polar surface area (TPSA) is 32.3 Å². The Morgan fingerprint density at radius 1 is 1.00 bits per heavy atom. The highest BCUT2D eigenvalue weighted by molar-refractivity contribution is 7.99. The lowest BCUT2D eigenvalue weighted by molar-refractivity contribution is 0.181. The third kappa shape index (κ3) is 3.63. The van der Waals surface area contributed by atoms with Gasteiger partial charge in [-0.2, -0.15) is 0 Å². The number of thioether (sulfide) groups is 1. The van der Waals surface area contributed by atoms with E-state index in [-0.39, 0.29) is 6.61 Å². The molecule has 0 bridgehead atoms. The van der Waals surface area contributed by atoms with Crippen LogP contribution in [0.2, 0.25) is 0 Å². The van der Waals surface area contributed by atoms with Crippen molar-refractivity contribution in [2.24, 2.45) is 0 Å². The van der Waals surface area contributed by atoms with Gasteiger partial charge in [-0.1, -0.05) is 55.5 Å². The summed E-state index contributed by atoms with van der Waals surface area (Å²) in [7, 11) is 0. The molecule has 3 heteroatoms. The van der Waals surface area contributed by atoms with Gasteiger partial charge in [0.25, 0.3) is 0 Å². The number of nitrogens with one attached hydrogen (secondary N) is 1. The molecular weight excluding hydrogens is 266 g/mol. The summed E-state index contributed by atoms with van der Waals surface area (Å²) in [6.07, 6.45) is 0. The van der Waals surface area contributed by atoms with Crippen LogP contribution in [0, 0.1) is 0 Å². The van der Waals surface area contributed by atoms with Gasteiger partial charge in [0.15, 0.2) is 0 Å². The van der Waals surface area contributed by atoms with E-state index in [2.05, 4.69) is 36.5 Å². The second-order valence-electron chi connectivity index (χ2n) is 4.74. The summed E-state index contributed by atoms with van der Waals surface area (Å²) in [5.41, 5.74) is 0.740. The van der Waals surface area contributed by atoms with Gasteiger partial charge in [0.05, 0.1) is 12.1 Å². The van der Waals surface area contributed by atoms with Gasteiger partial charge in [0, 0.05) is 10.6 Å². The van der Waals surface area contributed by atoms with Crippen LogP contribution >= 0.6 is 11.8 Å². The maximum atomic E-state index is 9.96. The van der Waals surface area contributed by atoms with Crippen LogP contribution in [0.4, 0.5) is 0 Å². The fourth-order valence-electron chi connectivity index (χ4n) is 2.25. The van der Waals surface area contributed by atoms with E-state index >= 15 is 0 Å². The van der Waals surface area contributed by atoms with Crippen molar-refractivity contribution in [1.82, 2.24) is 5.32 Å². The van der Waals surface area contributed by atoms with Crippen LogP contribution in [0.3, 0.4) is 0 Å². The number of likely N-dealkylation sites (N-methyl/N-ethyl adjacent to an activating group) is 1. The Morgan fingerprint density at radius 3 is 2.15 bits per heavy atom. The highest BCUT2D eigenvalue weighted by Gasteiger charge is 2.30. The minimum Gasteiger partial charge on any atom is -0.394 e. The van der Waals surface area contributed by atoms with Crippen molar-refractivity contribution in [3.63, 3.8) is 0 Å². The maximum Gasteiger partial charge on any atom is 0.0764 e. The van der Waals surface area contributed by atoms with Crippen LogP contribution in [0.5, 0.6) is 0 Å². The fraction of sp³-hybridized carbons (Fsp3) is 0.294. The molecule has 0 heterocycles. The summed E-state index contributed by atoms with van der Waals surface area (Å²) in [6, 6.07) is 20.5. The van der Waals surface area contributed by atoms with Crippen LogP contribution in [0.15, 0.2) is 65.6 Å². The number of aliphatic hydroxyl groups excluding tert-OH is 1. The van der Waals surface area contributed by atoms with Gasteiger partial charge in [-0.05, 0) is 24.2 Å². The second kappa shape index (κ2) is 7.48. The molecule has 1 unspecified atom stereocenters.